The number of fused-ring (bicyclic) bond motifs is 1. The van der Waals surface area contributed by atoms with Gasteiger partial charge in [-0.3, -0.25) is 0 Å². The normalized spacial score (nSPS) is 13.3. The number of hydrogen-bond acceptors (Lipinski definition) is 2. The van der Waals surface area contributed by atoms with E-state index in [1.807, 2.05) is 6.07 Å². The summed E-state index contributed by atoms with van der Waals surface area (Å²) in [6.07, 6.45) is -5.09. The zero-order valence-corrected chi connectivity index (χ0v) is 12.0. The molecule has 0 aliphatic heterocycles. The molecule has 21 heavy (non-hydrogen) atoms. The number of hydrogen-bond donors (Lipinski definition) is 0. The largest absolute Gasteiger partial charge is 0.389 e. The highest BCUT2D eigenvalue weighted by atomic mass is 35.5. The van der Waals surface area contributed by atoms with Crippen molar-refractivity contribution in [1.29, 1.82) is 5.26 Å². The first-order chi connectivity index (χ1) is 9.83. The molecule has 2 aromatic rings. The molecule has 0 aliphatic rings. The van der Waals surface area contributed by atoms with Crippen LogP contribution < -0.4 is 0 Å². The van der Waals surface area contributed by atoms with Crippen LogP contribution in [-0.2, 0) is 6.54 Å². The van der Waals surface area contributed by atoms with Gasteiger partial charge in [-0.15, -0.1) is 11.6 Å². The van der Waals surface area contributed by atoms with Crippen molar-refractivity contribution < 1.29 is 13.2 Å². The second-order valence-electron chi connectivity index (χ2n) is 4.74. The second-order valence-corrected chi connectivity index (χ2v) is 5.40. The van der Waals surface area contributed by atoms with Crippen molar-refractivity contribution in [1.82, 2.24) is 9.55 Å². The average Bonchev–Trinajstić information content (AvgIpc) is 2.76. The van der Waals surface area contributed by atoms with Crippen LogP contribution in [0.2, 0.25) is 0 Å². The van der Waals surface area contributed by atoms with Gasteiger partial charge in [-0.05, 0) is 25.5 Å². The Morgan fingerprint density at radius 1 is 1.43 bits per heavy atom. The Labute approximate surface area is 124 Å². The van der Waals surface area contributed by atoms with Gasteiger partial charge in [-0.25, -0.2) is 4.98 Å². The molecule has 0 saturated carbocycles. The zero-order chi connectivity index (χ0) is 15.6. The monoisotopic (exact) mass is 315 g/mol. The van der Waals surface area contributed by atoms with Crippen LogP contribution in [0.1, 0.15) is 36.5 Å². The predicted octanol–water partition coefficient (Wildman–Crippen LogP) is 4.55. The van der Waals surface area contributed by atoms with E-state index < -0.39 is 18.0 Å². The highest BCUT2D eigenvalue weighted by molar-refractivity contribution is 6.20. The SMILES string of the molecule is CC(Cl)c1nc2c(C#N)cccc2n1CCCC(F)(F)F. The van der Waals surface area contributed by atoms with E-state index in [1.165, 1.54) is 0 Å². The topological polar surface area (TPSA) is 41.6 Å². The van der Waals surface area contributed by atoms with Gasteiger partial charge in [0, 0.05) is 13.0 Å². The Kier molecular flexibility index (Phi) is 4.43. The molecular formula is C14H13ClF3N3. The molecule has 1 heterocycles. The van der Waals surface area contributed by atoms with Gasteiger partial charge in [-0.1, -0.05) is 6.07 Å². The van der Waals surface area contributed by atoms with Gasteiger partial charge in [0.1, 0.15) is 17.4 Å². The third kappa shape index (κ3) is 3.48. The number of imidazole rings is 1. The number of rotatable bonds is 4. The summed E-state index contributed by atoms with van der Waals surface area (Å²) < 4.78 is 38.5. The van der Waals surface area contributed by atoms with Gasteiger partial charge < -0.3 is 4.57 Å². The number of benzene rings is 1. The minimum absolute atomic E-state index is 0.0532. The number of alkyl halides is 4. The van der Waals surface area contributed by atoms with Crippen LogP contribution in [0.5, 0.6) is 0 Å². The summed E-state index contributed by atoms with van der Waals surface area (Å²) in [6, 6.07) is 7.08. The maximum absolute atomic E-state index is 12.3. The molecule has 0 fully saturated rings. The minimum atomic E-state index is -4.18. The summed E-state index contributed by atoms with van der Waals surface area (Å²) in [5.74, 6) is 0.483. The average molecular weight is 316 g/mol. The summed E-state index contributed by atoms with van der Waals surface area (Å²) in [7, 11) is 0. The zero-order valence-electron chi connectivity index (χ0n) is 11.3. The standard InChI is InChI=1S/C14H13ClF3N3/c1-9(15)13-20-12-10(8-19)4-2-5-11(12)21(13)7-3-6-14(16,17)18/h2,4-5,9H,3,6-7H2,1H3. The fraction of sp³-hybridized carbons (Fsp3) is 0.429. The summed E-state index contributed by atoms with van der Waals surface area (Å²) in [6.45, 7) is 1.87. The molecule has 0 N–H and O–H groups in total. The first-order valence-corrected chi connectivity index (χ1v) is 6.87. The number of aromatic nitrogens is 2. The van der Waals surface area contributed by atoms with E-state index >= 15 is 0 Å². The number of aryl methyl sites for hydroxylation is 1. The van der Waals surface area contributed by atoms with Crippen molar-refractivity contribution in [2.45, 2.75) is 37.9 Å². The lowest BCUT2D eigenvalue weighted by Crippen LogP contribution is -2.11. The predicted molar refractivity (Wildman–Crippen MR) is 74.0 cm³/mol. The van der Waals surface area contributed by atoms with Crippen molar-refractivity contribution in [3.63, 3.8) is 0 Å². The lowest BCUT2D eigenvalue weighted by molar-refractivity contribution is -0.135. The Hall–Kier alpha value is -1.74. The molecule has 2 rings (SSSR count). The van der Waals surface area contributed by atoms with Gasteiger partial charge in [-0.2, -0.15) is 18.4 Å². The van der Waals surface area contributed by atoms with Crippen LogP contribution in [-0.4, -0.2) is 15.7 Å². The smallest absolute Gasteiger partial charge is 0.327 e. The molecule has 1 aromatic carbocycles. The first kappa shape index (κ1) is 15.6. The number of para-hydroxylation sites is 1. The highest BCUT2D eigenvalue weighted by Gasteiger charge is 2.26. The summed E-state index contributed by atoms with van der Waals surface area (Å²) >= 11 is 6.06. The third-order valence-electron chi connectivity index (χ3n) is 3.13. The van der Waals surface area contributed by atoms with Crippen molar-refractivity contribution in [2.75, 3.05) is 0 Å². The summed E-state index contributed by atoms with van der Waals surface area (Å²) in [5.41, 5.74) is 1.51. The van der Waals surface area contributed by atoms with Crippen LogP contribution in [0.3, 0.4) is 0 Å². The molecule has 3 nitrogen and oxygen atoms in total. The van der Waals surface area contributed by atoms with Gasteiger partial charge >= 0.3 is 6.18 Å². The molecule has 0 saturated heterocycles. The molecular weight excluding hydrogens is 303 g/mol. The van der Waals surface area contributed by atoms with Crippen molar-refractivity contribution >= 4 is 22.6 Å². The summed E-state index contributed by atoms with van der Waals surface area (Å²) in [4.78, 5) is 4.33. The molecule has 0 bridgehead atoms. The third-order valence-corrected chi connectivity index (χ3v) is 3.32. The summed E-state index contributed by atoms with van der Waals surface area (Å²) in [5, 5.41) is 8.63. The molecule has 0 spiro atoms. The van der Waals surface area contributed by atoms with Gasteiger partial charge in [0.2, 0.25) is 0 Å². The van der Waals surface area contributed by atoms with E-state index in [9.17, 15) is 13.2 Å². The molecule has 7 heteroatoms. The second kappa shape index (κ2) is 5.94. The fourth-order valence-electron chi connectivity index (χ4n) is 2.23. The molecule has 0 aliphatic carbocycles. The van der Waals surface area contributed by atoms with Crippen LogP contribution >= 0.6 is 11.6 Å². The van der Waals surface area contributed by atoms with E-state index in [0.717, 1.165) is 0 Å². The Balaban J connectivity index is 2.41. The first-order valence-electron chi connectivity index (χ1n) is 6.43. The van der Waals surface area contributed by atoms with E-state index in [0.29, 0.717) is 22.4 Å². The maximum Gasteiger partial charge on any atom is 0.389 e. The Bertz CT molecular complexity index is 683. The number of nitrogens with zero attached hydrogens (tertiary/aromatic N) is 3. The quantitative estimate of drug-likeness (QED) is 0.777. The van der Waals surface area contributed by atoms with Crippen molar-refractivity contribution in [3.05, 3.63) is 29.6 Å². The van der Waals surface area contributed by atoms with E-state index in [4.69, 9.17) is 16.9 Å². The molecule has 1 atom stereocenters. The van der Waals surface area contributed by atoms with E-state index in [-0.39, 0.29) is 13.0 Å². The number of nitriles is 1. The molecule has 1 aromatic heterocycles. The minimum Gasteiger partial charge on any atom is -0.327 e. The van der Waals surface area contributed by atoms with Crippen LogP contribution in [0.15, 0.2) is 18.2 Å². The maximum atomic E-state index is 12.3. The molecule has 1 unspecified atom stereocenters. The molecule has 0 amide bonds. The highest BCUT2D eigenvalue weighted by Crippen LogP contribution is 2.28. The van der Waals surface area contributed by atoms with Gasteiger partial charge in [0.05, 0.1) is 16.5 Å². The Morgan fingerprint density at radius 2 is 2.14 bits per heavy atom. The van der Waals surface area contributed by atoms with Crippen LogP contribution in [0, 0.1) is 11.3 Å². The van der Waals surface area contributed by atoms with Gasteiger partial charge in [0.25, 0.3) is 0 Å². The van der Waals surface area contributed by atoms with E-state index in [1.54, 1.807) is 29.7 Å². The Morgan fingerprint density at radius 3 is 2.71 bits per heavy atom. The fourth-order valence-corrected chi connectivity index (χ4v) is 2.40. The lowest BCUT2D eigenvalue weighted by atomic mass is 10.2. The van der Waals surface area contributed by atoms with E-state index in [2.05, 4.69) is 4.98 Å². The van der Waals surface area contributed by atoms with Gasteiger partial charge in [0.15, 0.2) is 0 Å². The van der Waals surface area contributed by atoms with Crippen molar-refractivity contribution in [2.24, 2.45) is 0 Å². The lowest BCUT2D eigenvalue weighted by Gasteiger charge is -2.11. The van der Waals surface area contributed by atoms with Crippen LogP contribution in [0.25, 0.3) is 11.0 Å². The molecule has 0 radical (unpaired) electrons. The van der Waals surface area contributed by atoms with Crippen LogP contribution in [0.4, 0.5) is 13.2 Å². The molecule has 112 valence electrons. The number of halogens is 4. The van der Waals surface area contributed by atoms with Crippen molar-refractivity contribution in [3.8, 4) is 6.07 Å².